The minimum absolute atomic E-state index is 0.0899. The number of hydrazine groups is 1. The Morgan fingerprint density at radius 1 is 1.13 bits per heavy atom. The molecule has 4 rings (SSSR count). The van der Waals surface area contributed by atoms with Crippen molar-refractivity contribution in [2.45, 2.75) is 19.4 Å². The molecule has 39 heavy (non-hydrogen) atoms. The molecule has 1 atom stereocenters. The zero-order chi connectivity index (χ0) is 28.1. The Hall–Kier alpha value is -4.54. The van der Waals surface area contributed by atoms with Crippen molar-refractivity contribution >= 4 is 46.4 Å². The van der Waals surface area contributed by atoms with Crippen LogP contribution in [0.3, 0.4) is 0 Å². The number of nitrogens with one attached hydrogen (secondary N) is 2. The quantitative estimate of drug-likeness (QED) is 0.162. The van der Waals surface area contributed by atoms with E-state index in [-0.39, 0.29) is 17.8 Å². The number of halogens is 1. The number of carbonyl (C=O) groups excluding carboxylic acids is 2. The van der Waals surface area contributed by atoms with E-state index in [1.54, 1.807) is 24.3 Å². The third kappa shape index (κ3) is 6.14. The van der Waals surface area contributed by atoms with Crippen LogP contribution in [0.15, 0.2) is 78.6 Å². The van der Waals surface area contributed by atoms with E-state index in [9.17, 15) is 14.4 Å². The lowest BCUT2D eigenvalue weighted by Crippen LogP contribution is -2.47. The summed E-state index contributed by atoms with van der Waals surface area (Å²) in [6, 6.07) is 17.1. The van der Waals surface area contributed by atoms with Gasteiger partial charge >= 0.3 is 5.97 Å². The van der Waals surface area contributed by atoms with Gasteiger partial charge in [-0.1, -0.05) is 29.8 Å². The van der Waals surface area contributed by atoms with E-state index in [1.165, 1.54) is 40.4 Å². The first-order chi connectivity index (χ1) is 18.7. The van der Waals surface area contributed by atoms with Crippen LogP contribution >= 0.6 is 11.6 Å². The van der Waals surface area contributed by atoms with Crippen molar-refractivity contribution in [3.05, 3.63) is 100 Å². The van der Waals surface area contributed by atoms with Crippen molar-refractivity contribution in [3.8, 4) is 0 Å². The summed E-state index contributed by atoms with van der Waals surface area (Å²) in [6.07, 6.45) is 1.80. The number of carboxylic acid groups (broad SMARTS) is 1. The molecule has 0 aromatic heterocycles. The summed E-state index contributed by atoms with van der Waals surface area (Å²) in [6.45, 7) is 2.91. The van der Waals surface area contributed by atoms with Crippen LogP contribution in [0, 0.1) is 0 Å². The molecule has 11 heteroatoms. The van der Waals surface area contributed by atoms with E-state index in [1.807, 2.05) is 25.1 Å². The van der Waals surface area contributed by atoms with Gasteiger partial charge in [-0.25, -0.2) is 10.6 Å². The number of carbonyl (C=O) groups is 3. The molecule has 1 unspecified atom stereocenters. The molecule has 1 aliphatic rings. The van der Waals surface area contributed by atoms with Crippen molar-refractivity contribution < 1.29 is 19.5 Å². The number of nitrogens with zero attached hydrogens (tertiary/aromatic N) is 2. The smallest absolute Gasteiger partial charge is 0.335 e. The van der Waals surface area contributed by atoms with Crippen molar-refractivity contribution in [1.29, 1.82) is 0 Å². The number of fused-ring (bicyclic) bond motifs is 1. The second kappa shape index (κ2) is 11.9. The number of amides is 2. The second-order valence-corrected chi connectivity index (χ2v) is 9.33. The summed E-state index contributed by atoms with van der Waals surface area (Å²) >= 11 is 6.05. The Labute approximate surface area is 230 Å². The van der Waals surface area contributed by atoms with Gasteiger partial charge in [-0.3, -0.25) is 14.6 Å². The van der Waals surface area contributed by atoms with Crippen molar-refractivity contribution in [1.82, 2.24) is 4.90 Å². The van der Waals surface area contributed by atoms with Crippen molar-refractivity contribution in [2.24, 2.45) is 11.6 Å². The molecular weight excluding hydrogens is 520 g/mol. The van der Waals surface area contributed by atoms with Gasteiger partial charge in [0.05, 0.1) is 11.3 Å². The van der Waals surface area contributed by atoms with Crippen LogP contribution < -0.4 is 27.2 Å². The fourth-order valence-corrected chi connectivity index (χ4v) is 4.70. The van der Waals surface area contributed by atoms with Gasteiger partial charge in [0, 0.05) is 35.7 Å². The lowest BCUT2D eigenvalue weighted by atomic mass is 9.90. The maximum atomic E-state index is 13.7. The van der Waals surface area contributed by atoms with Gasteiger partial charge in [0.2, 0.25) is 0 Å². The third-order valence-corrected chi connectivity index (χ3v) is 6.56. The highest BCUT2D eigenvalue weighted by Gasteiger charge is 2.37. The Kier molecular flexibility index (Phi) is 8.38. The normalized spacial score (nSPS) is 14.8. The predicted molar refractivity (Wildman–Crippen MR) is 151 cm³/mol. The fraction of sp³-hybridized carbons (Fsp3) is 0.179. The molecule has 0 radical (unpaired) electrons. The second-order valence-electron chi connectivity index (χ2n) is 8.90. The molecule has 0 fully saturated rings. The Balaban J connectivity index is 1.67. The Morgan fingerprint density at radius 2 is 1.85 bits per heavy atom. The molecule has 1 aliphatic heterocycles. The van der Waals surface area contributed by atoms with E-state index >= 15 is 0 Å². The van der Waals surface area contributed by atoms with Crippen molar-refractivity contribution in [2.75, 3.05) is 28.7 Å². The number of benzene rings is 3. The molecule has 0 saturated carbocycles. The average molecular weight is 549 g/mol. The molecule has 10 nitrogen and oxygen atoms in total. The summed E-state index contributed by atoms with van der Waals surface area (Å²) in [7, 11) is 0. The van der Waals surface area contributed by atoms with Gasteiger partial charge in [0.15, 0.2) is 0 Å². The van der Waals surface area contributed by atoms with Crippen LogP contribution in [0.2, 0.25) is 5.02 Å². The zero-order valence-corrected chi connectivity index (χ0v) is 22.0. The highest BCUT2D eigenvalue weighted by Crippen LogP contribution is 2.35. The number of hydrogen-bond acceptors (Lipinski definition) is 7. The number of aromatic carboxylic acids is 1. The molecule has 3 aromatic carbocycles. The summed E-state index contributed by atoms with van der Waals surface area (Å²) in [4.78, 5) is 39.9. The number of rotatable bonds is 8. The number of hydrogen-bond donors (Lipinski definition) is 5. The first kappa shape index (κ1) is 27.5. The molecule has 0 spiro atoms. The first-order valence-electron chi connectivity index (χ1n) is 12.3. The van der Waals surface area contributed by atoms with E-state index in [4.69, 9.17) is 28.3 Å². The molecule has 202 valence electrons. The molecule has 3 aromatic rings. The number of carboxylic acids is 1. The van der Waals surface area contributed by atoms with Gasteiger partial charge in [0.25, 0.3) is 11.8 Å². The van der Waals surface area contributed by atoms with Crippen molar-refractivity contribution in [3.63, 3.8) is 0 Å². The SMILES string of the molecule is CCNc1cccc2c1CCN(C(=O)/C(N)=C/N(N)c1cccc(Cl)c1)C2C(=O)Nc1ccc(C(=O)O)cc1. The fourth-order valence-electron chi connectivity index (χ4n) is 4.52. The summed E-state index contributed by atoms with van der Waals surface area (Å²) < 4.78 is 0. The summed E-state index contributed by atoms with van der Waals surface area (Å²) in [5.74, 6) is 4.01. The van der Waals surface area contributed by atoms with E-state index < -0.39 is 23.8 Å². The van der Waals surface area contributed by atoms with E-state index in [2.05, 4.69) is 10.6 Å². The zero-order valence-electron chi connectivity index (χ0n) is 21.2. The van der Waals surface area contributed by atoms with Crippen LogP contribution in [-0.2, 0) is 16.0 Å². The monoisotopic (exact) mass is 548 g/mol. The Bertz CT molecular complexity index is 1430. The van der Waals surface area contributed by atoms with Crippen LogP contribution in [0.1, 0.15) is 34.5 Å². The van der Waals surface area contributed by atoms with Crippen LogP contribution in [-0.4, -0.2) is 40.9 Å². The highest BCUT2D eigenvalue weighted by molar-refractivity contribution is 6.30. The third-order valence-electron chi connectivity index (χ3n) is 6.33. The van der Waals surface area contributed by atoms with Gasteiger partial charge in [-0.05, 0) is 73.0 Å². The molecule has 0 saturated heterocycles. The van der Waals surface area contributed by atoms with E-state index in [0.717, 1.165) is 11.3 Å². The maximum absolute atomic E-state index is 13.7. The van der Waals surface area contributed by atoms with Gasteiger partial charge in [0.1, 0.15) is 11.7 Å². The minimum Gasteiger partial charge on any atom is -0.478 e. The summed E-state index contributed by atoms with van der Waals surface area (Å²) in [5, 5.41) is 17.0. The van der Waals surface area contributed by atoms with Gasteiger partial charge in [-0.2, -0.15) is 0 Å². The summed E-state index contributed by atoms with van der Waals surface area (Å²) in [5.41, 5.74) is 9.54. The largest absolute Gasteiger partial charge is 0.478 e. The maximum Gasteiger partial charge on any atom is 0.335 e. The standard InChI is InChI=1S/C28H29ClN6O4/c1-2-32-24-8-4-7-22-21(24)13-14-34(25(22)26(36)33-19-11-9-17(10-12-19)28(38)39)27(37)23(30)16-35(31)20-6-3-5-18(29)15-20/h3-12,15-16,25,32H,2,13-14,30-31H2,1H3,(H,33,36)(H,38,39)/b23-16-. The molecular formula is C28H29ClN6O4. The van der Waals surface area contributed by atoms with Crippen LogP contribution in [0.4, 0.5) is 17.1 Å². The lowest BCUT2D eigenvalue weighted by Gasteiger charge is -2.37. The van der Waals surface area contributed by atoms with Gasteiger partial charge in [-0.15, -0.1) is 0 Å². The van der Waals surface area contributed by atoms with Crippen LogP contribution in [0.25, 0.3) is 0 Å². The molecule has 7 N–H and O–H groups in total. The number of nitrogens with two attached hydrogens (primary N) is 2. The van der Waals surface area contributed by atoms with E-state index in [0.29, 0.717) is 34.9 Å². The predicted octanol–water partition coefficient (Wildman–Crippen LogP) is 3.71. The topological polar surface area (TPSA) is 154 Å². The molecule has 0 bridgehead atoms. The number of anilines is 3. The highest BCUT2D eigenvalue weighted by atomic mass is 35.5. The first-order valence-corrected chi connectivity index (χ1v) is 12.6. The molecule has 0 aliphatic carbocycles. The molecule has 2 amide bonds. The van der Waals surface area contributed by atoms with Gasteiger partial charge < -0.3 is 26.4 Å². The minimum atomic E-state index is -1.07. The Morgan fingerprint density at radius 3 is 2.51 bits per heavy atom. The van der Waals surface area contributed by atoms with Crippen LogP contribution in [0.5, 0.6) is 0 Å². The molecule has 1 heterocycles. The average Bonchev–Trinajstić information content (AvgIpc) is 2.92. The lowest BCUT2D eigenvalue weighted by molar-refractivity contribution is -0.136.